The van der Waals surface area contributed by atoms with Gasteiger partial charge >= 0.3 is 0 Å². The molecule has 0 unspecified atom stereocenters. The zero-order valence-corrected chi connectivity index (χ0v) is 11.3. The van der Waals surface area contributed by atoms with Crippen molar-refractivity contribution in [2.75, 3.05) is 7.11 Å². The number of hydrogen-bond acceptors (Lipinski definition) is 6. The summed E-state index contributed by atoms with van der Waals surface area (Å²) in [6, 6.07) is 5.62. The molecule has 1 aromatic carbocycles. The van der Waals surface area contributed by atoms with Crippen molar-refractivity contribution < 1.29 is 14.0 Å². The maximum atomic E-state index is 5.76. The average molecular weight is 275 g/mol. The quantitative estimate of drug-likeness (QED) is 0.868. The van der Waals surface area contributed by atoms with Gasteiger partial charge in [-0.2, -0.15) is 4.98 Å². The maximum absolute atomic E-state index is 5.76. The zero-order valence-electron chi connectivity index (χ0n) is 11.3. The molecule has 0 spiro atoms. The van der Waals surface area contributed by atoms with Crippen LogP contribution in [0.5, 0.6) is 11.5 Å². The Labute approximate surface area is 116 Å². The molecular weight excluding hydrogens is 258 g/mol. The highest BCUT2D eigenvalue weighted by molar-refractivity contribution is 5.46. The molecule has 20 heavy (non-hydrogen) atoms. The molecule has 1 saturated carbocycles. The number of aromatic nitrogens is 2. The molecule has 6 heteroatoms. The van der Waals surface area contributed by atoms with Gasteiger partial charge in [-0.25, -0.2) is 0 Å². The molecule has 3 rings (SSSR count). The van der Waals surface area contributed by atoms with E-state index in [1.165, 1.54) is 0 Å². The monoisotopic (exact) mass is 275 g/mol. The van der Waals surface area contributed by atoms with Gasteiger partial charge in [0.1, 0.15) is 0 Å². The Hall–Kier alpha value is -2.08. The van der Waals surface area contributed by atoms with E-state index in [1.54, 1.807) is 7.11 Å². The van der Waals surface area contributed by atoms with Crippen LogP contribution in [0.15, 0.2) is 22.7 Å². The van der Waals surface area contributed by atoms with Crippen LogP contribution < -0.4 is 15.2 Å². The van der Waals surface area contributed by atoms with E-state index < -0.39 is 0 Å². The Morgan fingerprint density at radius 3 is 2.95 bits per heavy atom. The summed E-state index contributed by atoms with van der Waals surface area (Å²) in [6.07, 6.45) is 2.26. The molecule has 0 bridgehead atoms. The van der Waals surface area contributed by atoms with E-state index in [4.69, 9.17) is 19.7 Å². The molecule has 2 aromatic rings. The standard InChI is InChI=1S/C14H17N3O3/c1-18-11-4-2-3-10(7-15)13(11)19-8-12-16-14(20-17-12)9-5-6-9/h2-4,9H,5-8,15H2,1H3. The number of benzene rings is 1. The zero-order chi connectivity index (χ0) is 13.9. The van der Waals surface area contributed by atoms with E-state index in [1.807, 2.05) is 18.2 Å². The number of nitrogens with two attached hydrogens (primary N) is 1. The number of para-hydroxylation sites is 1. The number of ether oxygens (including phenoxy) is 2. The van der Waals surface area contributed by atoms with E-state index in [-0.39, 0.29) is 6.61 Å². The number of methoxy groups -OCH3 is 1. The van der Waals surface area contributed by atoms with E-state index in [9.17, 15) is 0 Å². The lowest BCUT2D eigenvalue weighted by Gasteiger charge is -2.12. The second kappa shape index (κ2) is 5.50. The Balaban J connectivity index is 1.73. The van der Waals surface area contributed by atoms with Crippen LogP contribution in [0.2, 0.25) is 0 Å². The van der Waals surface area contributed by atoms with Crippen molar-refractivity contribution in [2.24, 2.45) is 5.73 Å². The van der Waals surface area contributed by atoms with Gasteiger partial charge in [0.2, 0.25) is 11.7 Å². The molecule has 0 radical (unpaired) electrons. The molecule has 1 aliphatic rings. The molecule has 1 aromatic heterocycles. The van der Waals surface area contributed by atoms with Crippen LogP contribution in [-0.4, -0.2) is 17.3 Å². The third kappa shape index (κ3) is 2.60. The smallest absolute Gasteiger partial charge is 0.229 e. The normalized spacial score (nSPS) is 14.3. The first-order valence-electron chi connectivity index (χ1n) is 6.63. The number of nitrogens with zero attached hydrogens (tertiary/aromatic N) is 2. The Kier molecular flexibility index (Phi) is 3.56. The summed E-state index contributed by atoms with van der Waals surface area (Å²) in [5, 5.41) is 3.92. The summed E-state index contributed by atoms with van der Waals surface area (Å²) in [4.78, 5) is 4.32. The van der Waals surface area contributed by atoms with Gasteiger partial charge in [0.05, 0.1) is 7.11 Å². The molecule has 0 saturated heterocycles. The van der Waals surface area contributed by atoms with E-state index in [0.717, 1.165) is 18.4 Å². The molecule has 0 amide bonds. The van der Waals surface area contributed by atoms with Crippen LogP contribution in [0.25, 0.3) is 0 Å². The van der Waals surface area contributed by atoms with Gasteiger partial charge in [0.15, 0.2) is 18.1 Å². The third-order valence-corrected chi connectivity index (χ3v) is 3.26. The molecule has 6 nitrogen and oxygen atoms in total. The third-order valence-electron chi connectivity index (χ3n) is 3.26. The molecule has 0 atom stereocenters. The van der Waals surface area contributed by atoms with Gasteiger partial charge in [-0.1, -0.05) is 17.3 Å². The van der Waals surface area contributed by atoms with E-state index in [0.29, 0.717) is 35.7 Å². The van der Waals surface area contributed by atoms with Crippen LogP contribution in [-0.2, 0) is 13.2 Å². The van der Waals surface area contributed by atoms with Gasteiger partial charge in [-0.05, 0) is 18.9 Å². The largest absolute Gasteiger partial charge is 0.493 e. The minimum Gasteiger partial charge on any atom is -0.493 e. The predicted octanol–water partition coefficient (Wildman–Crippen LogP) is 1.99. The highest BCUT2D eigenvalue weighted by atomic mass is 16.5. The van der Waals surface area contributed by atoms with Crippen molar-refractivity contribution in [3.05, 3.63) is 35.5 Å². The van der Waals surface area contributed by atoms with Gasteiger partial charge < -0.3 is 19.7 Å². The topological polar surface area (TPSA) is 83.4 Å². The van der Waals surface area contributed by atoms with Crippen LogP contribution in [0.1, 0.15) is 36.0 Å². The summed E-state index contributed by atoms with van der Waals surface area (Å²) in [5.41, 5.74) is 6.59. The molecule has 106 valence electrons. The van der Waals surface area contributed by atoms with E-state index >= 15 is 0 Å². The minimum absolute atomic E-state index is 0.240. The Morgan fingerprint density at radius 2 is 2.25 bits per heavy atom. The second-order valence-electron chi connectivity index (χ2n) is 4.76. The molecule has 1 aliphatic carbocycles. The fraction of sp³-hybridized carbons (Fsp3) is 0.429. The summed E-state index contributed by atoms with van der Waals surface area (Å²) < 4.78 is 16.2. The van der Waals surface area contributed by atoms with Crippen molar-refractivity contribution >= 4 is 0 Å². The average Bonchev–Trinajstić information content (AvgIpc) is 3.23. The van der Waals surface area contributed by atoms with Gasteiger partial charge in [0.25, 0.3) is 0 Å². The Morgan fingerprint density at radius 1 is 1.40 bits per heavy atom. The molecule has 2 N–H and O–H groups in total. The first kappa shape index (κ1) is 12.9. The lowest BCUT2D eigenvalue weighted by molar-refractivity contribution is 0.266. The molecular formula is C14H17N3O3. The lowest BCUT2D eigenvalue weighted by atomic mass is 10.2. The SMILES string of the molecule is COc1cccc(CN)c1OCc1noc(C2CC2)n1. The van der Waals surface area contributed by atoms with Crippen molar-refractivity contribution in [1.82, 2.24) is 10.1 Å². The first-order chi connectivity index (χ1) is 9.81. The summed E-state index contributed by atoms with van der Waals surface area (Å²) in [5.74, 6) is 2.99. The minimum atomic E-state index is 0.240. The van der Waals surface area contributed by atoms with Gasteiger partial charge in [-0.15, -0.1) is 0 Å². The van der Waals surface area contributed by atoms with Crippen LogP contribution in [0.3, 0.4) is 0 Å². The van der Waals surface area contributed by atoms with Gasteiger partial charge in [-0.3, -0.25) is 0 Å². The molecule has 1 fully saturated rings. The summed E-state index contributed by atoms with van der Waals surface area (Å²) >= 11 is 0. The number of hydrogen-bond donors (Lipinski definition) is 1. The molecule has 0 aliphatic heterocycles. The molecule has 1 heterocycles. The fourth-order valence-corrected chi connectivity index (χ4v) is 2.01. The summed E-state index contributed by atoms with van der Waals surface area (Å²) in [7, 11) is 1.60. The van der Waals surface area contributed by atoms with Crippen LogP contribution in [0.4, 0.5) is 0 Å². The van der Waals surface area contributed by atoms with E-state index in [2.05, 4.69) is 10.1 Å². The second-order valence-corrected chi connectivity index (χ2v) is 4.76. The fourth-order valence-electron chi connectivity index (χ4n) is 2.01. The van der Waals surface area contributed by atoms with Crippen LogP contribution in [0, 0.1) is 0 Å². The highest BCUT2D eigenvalue weighted by Crippen LogP contribution is 2.39. The summed E-state index contributed by atoms with van der Waals surface area (Å²) in [6.45, 7) is 0.621. The maximum Gasteiger partial charge on any atom is 0.229 e. The predicted molar refractivity (Wildman–Crippen MR) is 71.5 cm³/mol. The Bertz CT molecular complexity index is 571. The van der Waals surface area contributed by atoms with Gasteiger partial charge in [0, 0.05) is 18.0 Å². The highest BCUT2D eigenvalue weighted by Gasteiger charge is 2.29. The van der Waals surface area contributed by atoms with Crippen molar-refractivity contribution in [3.8, 4) is 11.5 Å². The van der Waals surface area contributed by atoms with Crippen LogP contribution >= 0.6 is 0 Å². The van der Waals surface area contributed by atoms with Crippen molar-refractivity contribution in [3.63, 3.8) is 0 Å². The first-order valence-corrected chi connectivity index (χ1v) is 6.63. The lowest BCUT2D eigenvalue weighted by Crippen LogP contribution is -2.05. The number of rotatable bonds is 6. The van der Waals surface area contributed by atoms with Crippen molar-refractivity contribution in [2.45, 2.75) is 31.9 Å². The van der Waals surface area contributed by atoms with Crippen molar-refractivity contribution in [1.29, 1.82) is 0 Å².